The van der Waals surface area contributed by atoms with Crippen LogP contribution in [0.3, 0.4) is 0 Å². The van der Waals surface area contributed by atoms with Crippen LogP contribution in [0, 0.1) is 19.8 Å². The van der Waals surface area contributed by atoms with Crippen LogP contribution < -0.4 is 14.2 Å². The largest absolute Gasteiger partial charge is 0.488 e. The topological polar surface area (TPSA) is 134 Å². The standard InChI is InChI=1S/C35H42N4O7S/c1-23-19-39(24(2)22-40)34(41)18-28-17-29(37-47(42,43)35-25(3)36-46-26(35)4)13-16-32(28)45-33(23)21-38(5)20-27-11-14-31(15-12-27)44-30-9-7-6-8-10-30/h6-17,23-24,33,37,40H,18-22H2,1-5H3/t23-,24-,33-/m1/s1. The number of fused-ring (bicyclic) bond motifs is 1. The number of carbonyl (C=O) groups is 1. The van der Waals surface area contributed by atoms with E-state index in [9.17, 15) is 18.3 Å². The number of likely N-dealkylation sites (N-methyl/N-ethyl adjacent to an activating group) is 1. The predicted octanol–water partition coefficient (Wildman–Crippen LogP) is 5.17. The van der Waals surface area contributed by atoms with E-state index in [0.29, 0.717) is 30.9 Å². The normalized spacial score (nSPS) is 17.7. The Labute approximate surface area is 276 Å². The molecular weight excluding hydrogens is 620 g/mol. The van der Waals surface area contributed by atoms with Crippen LogP contribution in [0.2, 0.25) is 0 Å². The van der Waals surface area contributed by atoms with Crippen LogP contribution in [-0.4, -0.2) is 73.3 Å². The van der Waals surface area contributed by atoms with Gasteiger partial charge in [0.05, 0.1) is 19.1 Å². The minimum Gasteiger partial charge on any atom is -0.488 e. The van der Waals surface area contributed by atoms with Gasteiger partial charge in [-0.05, 0) is 75.8 Å². The summed E-state index contributed by atoms with van der Waals surface area (Å²) in [7, 11) is -1.98. The zero-order chi connectivity index (χ0) is 33.7. The molecule has 2 heterocycles. The van der Waals surface area contributed by atoms with Crippen LogP contribution in [0.5, 0.6) is 17.2 Å². The van der Waals surface area contributed by atoms with Gasteiger partial charge in [-0.2, -0.15) is 0 Å². The van der Waals surface area contributed by atoms with Gasteiger partial charge < -0.3 is 24.0 Å². The summed E-state index contributed by atoms with van der Waals surface area (Å²) in [5.74, 6) is 1.95. The van der Waals surface area contributed by atoms with Crippen LogP contribution in [0.1, 0.15) is 36.4 Å². The molecule has 250 valence electrons. The molecule has 12 heteroatoms. The molecule has 0 aliphatic carbocycles. The van der Waals surface area contributed by atoms with Crippen molar-refractivity contribution in [1.29, 1.82) is 0 Å². The summed E-state index contributed by atoms with van der Waals surface area (Å²) in [6.07, 6.45) is -0.337. The summed E-state index contributed by atoms with van der Waals surface area (Å²) in [6.45, 7) is 8.37. The molecule has 5 rings (SSSR count). The van der Waals surface area contributed by atoms with Gasteiger partial charge in [0, 0.05) is 36.8 Å². The number of aliphatic hydroxyl groups excluding tert-OH is 1. The predicted molar refractivity (Wildman–Crippen MR) is 178 cm³/mol. The quantitative estimate of drug-likeness (QED) is 0.223. The number of aliphatic hydroxyl groups is 1. The summed E-state index contributed by atoms with van der Waals surface area (Å²) in [4.78, 5) is 17.4. The average Bonchev–Trinajstić information content (AvgIpc) is 3.40. The summed E-state index contributed by atoms with van der Waals surface area (Å²) < 4.78 is 46.6. The summed E-state index contributed by atoms with van der Waals surface area (Å²) in [5, 5.41) is 13.7. The molecule has 1 aromatic heterocycles. The Morgan fingerprint density at radius 1 is 1.09 bits per heavy atom. The molecule has 1 aliphatic rings. The molecule has 0 bridgehead atoms. The molecule has 1 aliphatic heterocycles. The van der Waals surface area contributed by atoms with E-state index >= 15 is 0 Å². The lowest BCUT2D eigenvalue weighted by Gasteiger charge is -2.34. The Hall–Kier alpha value is -4.39. The van der Waals surface area contributed by atoms with Crippen molar-refractivity contribution in [3.05, 3.63) is 95.4 Å². The van der Waals surface area contributed by atoms with Crippen LogP contribution in [0.25, 0.3) is 0 Å². The number of carbonyl (C=O) groups excluding carboxylic acids is 1. The highest BCUT2D eigenvalue weighted by molar-refractivity contribution is 7.92. The van der Waals surface area contributed by atoms with Crippen molar-refractivity contribution in [3.8, 4) is 17.2 Å². The number of benzene rings is 3. The zero-order valence-corrected chi connectivity index (χ0v) is 28.2. The molecule has 0 spiro atoms. The fraction of sp³-hybridized carbons (Fsp3) is 0.371. The maximum Gasteiger partial charge on any atom is 0.267 e. The highest BCUT2D eigenvalue weighted by Gasteiger charge is 2.32. The maximum absolute atomic E-state index is 13.6. The lowest BCUT2D eigenvalue weighted by atomic mass is 10.0. The first-order valence-electron chi connectivity index (χ1n) is 15.6. The average molecular weight is 663 g/mol. The number of hydrogen-bond acceptors (Lipinski definition) is 9. The first kappa shape index (κ1) is 34.0. The fourth-order valence-corrected chi connectivity index (χ4v) is 7.13. The van der Waals surface area contributed by atoms with E-state index in [2.05, 4.69) is 14.8 Å². The van der Waals surface area contributed by atoms with Gasteiger partial charge in [-0.15, -0.1) is 0 Å². The van der Waals surface area contributed by atoms with Crippen molar-refractivity contribution in [1.82, 2.24) is 15.0 Å². The van der Waals surface area contributed by atoms with Gasteiger partial charge in [0.15, 0.2) is 10.7 Å². The maximum atomic E-state index is 13.6. The van der Waals surface area contributed by atoms with Crippen LogP contribution in [0.4, 0.5) is 5.69 Å². The molecule has 11 nitrogen and oxygen atoms in total. The molecular formula is C35H42N4O7S. The van der Waals surface area contributed by atoms with E-state index in [1.165, 1.54) is 6.92 Å². The number of aromatic nitrogens is 1. The summed E-state index contributed by atoms with van der Waals surface area (Å²) >= 11 is 0. The van der Waals surface area contributed by atoms with Gasteiger partial charge in [0.2, 0.25) is 5.91 Å². The van der Waals surface area contributed by atoms with Crippen molar-refractivity contribution in [2.45, 2.75) is 57.7 Å². The Bertz CT molecular complexity index is 1760. The third-order valence-corrected chi connectivity index (χ3v) is 9.88. The number of ether oxygens (including phenoxy) is 2. The number of sulfonamides is 1. The molecule has 1 amide bonds. The Kier molecular flexibility index (Phi) is 10.5. The number of nitrogens with one attached hydrogen (secondary N) is 1. The number of aryl methyl sites for hydroxylation is 2. The highest BCUT2D eigenvalue weighted by Crippen LogP contribution is 2.31. The number of rotatable bonds is 11. The van der Waals surface area contributed by atoms with Gasteiger partial charge in [-0.25, -0.2) is 8.42 Å². The number of para-hydroxylation sites is 1. The Morgan fingerprint density at radius 3 is 2.45 bits per heavy atom. The van der Waals surface area contributed by atoms with E-state index in [4.69, 9.17) is 14.0 Å². The molecule has 0 fully saturated rings. The highest BCUT2D eigenvalue weighted by atomic mass is 32.2. The van der Waals surface area contributed by atoms with Crippen molar-refractivity contribution in [3.63, 3.8) is 0 Å². The molecule has 0 saturated heterocycles. The number of anilines is 1. The monoisotopic (exact) mass is 662 g/mol. The van der Waals surface area contributed by atoms with Gasteiger partial charge in [-0.3, -0.25) is 14.4 Å². The van der Waals surface area contributed by atoms with E-state index in [1.54, 1.807) is 30.0 Å². The van der Waals surface area contributed by atoms with Crippen molar-refractivity contribution in [2.24, 2.45) is 5.92 Å². The zero-order valence-electron chi connectivity index (χ0n) is 27.3. The van der Waals surface area contributed by atoms with Crippen molar-refractivity contribution >= 4 is 21.6 Å². The van der Waals surface area contributed by atoms with E-state index < -0.39 is 16.1 Å². The van der Waals surface area contributed by atoms with Crippen molar-refractivity contribution < 1.29 is 32.3 Å². The number of hydrogen-bond donors (Lipinski definition) is 2. The SMILES string of the molecule is Cc1noc(C)c1S(=O)(=O)Nc1ccc2c(c1)CC(=O)N([C@H](C)CO)C[C@@H](C)[C@@H](CN(C)Cc1ccc(Oc3ccccc3)cc1)O2. The van der Waals surface area contributed by atoms with Gasteiger partial charge in [-0.1, -0.05) is 42.4 Å². The van der Waals surface area contributed by atoms with Gasteiger partial charge >= 0.3 is 0 Å². The number of nitrogens with zero attached hydrogens (tertiary/aromatic N) is 3. The second kappa shape index (κ2) is 14.6. The van der Waals surface area contributed by atoms with Gasteiger partial charge in [0.25, 0.3) is 10.0 Å². The van der Waals surface area contributed by atoms with Crippen molar-refractivity contribution in [2.75, 3.05) is 31.5 Å². The van der Waals surface area contributed by atoms with Gasteiger partial charge in [0.1, 0.15) is 29.0 Å². The van der Waals surface area contributed by atoms with E-state index in [0.717, 1.165) is 17.1 Å². The molecule has 4 aromatic rings. The molecule has 3 aromatic carbocycles. The first-order chi connectivity index (χ1) is 22.4. The second-order valence-electron chi connectivity index (χ2n) is 12.2. The summed E-state index contributed by atoms with van der Waals surface area (Å²) in [5.41, 5.74) is 2.18. The molecule has 3 atom stereocenters. The lowest BCUT2D eigenvalue weighted by Crippen LogP contribution is -2.47. The second-order valence-corrected chi connectivity index (χ2v) is 13.8. The van der Waals surface area contributed by atoms with Crippen LogP contribution in [-0.2, 0) is 27.8 Å². The minimum atomic E-state index is -4.00. The molecule has 0 radical (unpaired) electrons. The molecule has 0 saturated carbocycles. The lowest BCUT2D eigenvalue weighted by molar-refractivity contribution is -0.134. The smallest absolute Gasteiger partial charge is 0.267 e. The molecule has 0 unspecified atom stereocenters. The van der Waals surface area contributed by atoms with Crippen LogP contribution >= 0.6 is 0 Å². The Morgan fingerprint density at radius 2 is 1.79 bits per heavy atom. The van der Waals surface area contributed by atoms with E-state index in [1.807, 2.05) is 75.5 Å². The summed E-state index contributed by atoms with van der Waals surface area (Å²) in [6, 6.07) is 22.1. The molecule has 47 heavy (non-hydrogen) atoms. The number of amides is 1. The minimum absolute atomic E-state index is 0.0206. The third kappa shape index (κ3) is 8.31. The first-order valence-corrected chi connectivity index (χ1v) is 17.1. The fourth-order valence-electron chi connectivity index (χ4n) is 5.75. The van der Waals surface area contributed by atoms with Crippen LogP contribution in [0.15, 0.2) is 82.2 Å². The Balaban J connectivity index is 1.35. The third-order valence-electron chi connectivity index (χ3n) is 8.25. The van der Waals surface area contributed by atoms with E-state index in [-0.39, 0.29) is 53.0 Å². The molecule has 2 N–H and O–H groups in total.